The molecule has 14 heteroatoms. The van der Waals surface area contributed by atoms with E-state index in [0.29, 0.717) is 49.8 Å². The number of nitrogens with zero attached hydrogens (tertiary/aromatic N) is 1. The van der Waals surface area contributed by atoms with Crippen LogP contribution in [0.2, 0.25) is 0 Å². The van der Waals surface area contributed by atoms with Gasteiger partial charge in [0.15, 0.2) is 0 Å². The summed E-state index contributed by atoms with van der Waals surface area (Å²) >= 11 is 0. The maximum atomic E-state index is 16.3. The van der Waals surface area contributed by atoms with E-state index in [9.17, 15) is 29.4 Å². The van der Waals surface area contributed by atoms with Gasteiger partial charge in [-0.05, 0) is 119 Å². The Morgan fingerprint density at radius 2 is 1.69 bits per heavy atom. The zero-order valence-electron chi connectivity index (χ0n) is 37.9. The molecule has 2 bridgehead atoms. The number of aromatic hydroxyl groups is 1. The van der Waals surface area contributed by atoms with Crippen molar-refractivity contribution in [3.63, 3.8) is 0 Å². The molecule has 3 aliphatic heterocycles. The van der Waals surface area contributed by atoms with Crippen LogP contribution in [0.5, 0.6) is 11.5 Å². The lowest BCUT2D eigenvalue weighted by atomic mass is 9.81. The number of aliphatic hydroxyl groups is 1. The van der Waals surface area contributed by atoms with Gasteiger partial charge in [0.2, 0.25) is 5.79 Å². The highest BCUT2D eigenvalue weighted by molar-refractivity contribution is 6.39. The number of allylic oxidation sites excluding steroid dienone is 3. The molecule has 3 heterocycles. The molecule has 4 N–H and O–H groups in total. The summed E-state index contributed by atoms with van der Waals surface area (Å²) in [5.41, 5.74) is 7.68. The monoisotopic (exact) mass is 871 g/mol. The maximum Gasteiger partial charge on any atom is 0.329 e. The third-order valence-electron chi connectivity index (χ3n) is 13.9. The number of carbonyl (C=O) groups excluding carboxylic acids is 4. The second-order valence-electron chi connectivity index (χ2n) is 18.5. The first-order chi connectivity index (χ1) is 29.4. The second-order valence-corrected chi connectivity index (χ2v) is 18.5. The van der Waals surface area contributed by atoms with Crippen LogP contribution in [0, 0.1) is 29.6 Å². The van der Waals surface area contributed by atoms with Gasteiger partial charge in [-0.1, -0.05) is 45.9 Å². The Bertz CT molecular complexity index is 1790. The third kappa shape index (κ3) is 11.5. The van der Waals surface area contributed by atoms with Crippen LogP contribution in [-0.4, -0.2) is 114 Å². The lowest BCUT2D eigenvalue weighted by molar-refractivity contribution is -0.302. The van der Waals surface area contributed by atoms with Crippen LogP contribution in [0.4, 0.5) is 4.39 Å². The van der Waals surface area contributed by atoms with Crippen LogP contribution >= 0.6 is 0 Å². The molecule has 0 aromatic heterocycles. The van der Waals surface area contributed by atoms with Crippen molar-refractivity contribution < 1.29 is 57.5 Å². The lowest BCUT2D eigenvalue weighted by Gasteiger charge is -2.47. The first-order valence-electron chi connectivity index (χ1n) is 22.7. The highest BCUT2D eigenvalue weighted by atomic mass is 19.1. The molecule has 5 rings (SSSR count). The number of nitrogens with two attached hydrogens (primary N) is 1. The molecule has 1 aromatic carbocycles. The zero-order chi connectivity index (χ0) is 45.5. The molecule has 1 saturated carbocycles. The van der Waals surface area contributed by atoms with E-state index in [1.165, 1.54) is 19.1 Å². The van der Waals surface area contributed by atoms with Crippen LogP contribution in [-0.2, 0) is 38.1 Å². The van der Waals surface area contributed by atoms with Crippen molar-refractivity contribution in [1.82, 2.24) is 4.90 Å². The zero-order valence-corrected chi connectivity index (χ0v) is 37.9. The number of phenols is 1. The number of alkyl halides is 1. The van der Waals surface area contributed by atoms with Gasteiger partial charge in [-0.25, -0.2) is 9.18 Å². The largest absolute Gasteiger partial charge is 0.508 e. The van der Waals surface area contributed by atoms with Gasteiger partial charge in [0.1, 0.15) is 47.8 Å². The molecule has 3 fully saturated rings. The fourth-order valence-electron chi connectivity index (χ4n) is 9.95. The topological polar surface area (TPSA) is 184 Å². The SMILES string of the molecule is CCC1/C=C(\C)C(F)C(C)CC(OC)C2OC(O)(C(=O)C(=O)N3CCCCC3C(=O)OC(C(C)=CC3CCC(N)C(Oc4cccc(O)c4)C3)C(C)CCC1=O)C(C)CC2OC. The third-order valence-corrected chi connectivity index (χ3v) is 13.9. The predicted octanol–water partition coefficient (Wildman–Crippen LogP) is 6.55. The fraction of sp³-hybridized carbons (Fsp3) is 0.708. The van der Waals surface area contributed by atoms with Crippen molar-refractivity contribution in [3.8, 4) is 11.5 Å². The normalized spacial score (nSPS) is 38.6. The number of halogens is 1. The van der Waals surface area contributed by atoms with Gasteiger partial charge >= 0.3 is 5.97 Å². The van der Waals surface area contributed by atoms with Crippen molar-refractivity contribution in [2.45, 2.75) is 167 Å². The van der Waals surface area contributed by atoms with E-state index in [1.54, 1.807) is 51.1 Å². The van der Waals surface area contributed by atoms with E-state index < -0.39 is 77.8 Å². The molecule has 0 radical (unpaired) electrons. The number of fused-ring (bicyclic) bond motifs is 3. The number of ether oxygens (including phenoxy) is 5. The molecule has 1 aliphatic carbocycles. The van der Waals surface area contributed by atoms with Gasteiger partial charge in [-0.15, -0.1) is 0 Å². The van der Waals surface area contributed by atoms with E-state index in [2.05, 4.69) is 6.08 Å². The number of rotatable bonds is 7. The predicted molar refractivity (Wildman–Crippen MR) is 231 cm³/mol. The average Bonchev–Trinajstić information content (AvgIpc) is 3.26. The first kappa shape index (κ1) is 49.3. The van der Waals surface area contributed by atoms with Gasteiger partial charge < -0.3 is 44.5 Å². The van der Waals surface area contributed by atoms with Crippen molar-refractivity contribution in [2.24, 2.45) is 35.3 Å². The van der Waals surface area contributed by atoms with Crippen molar-refractivity contribution in [2.75, 3.05) is 20.8 Å². The summed E-state index contributed by atoms with van der Waals surface area (Å²) in [4.78, 5) is 58.1. The standard InChI is InChI=1S/C48H71FN2O11/c1-9-33-22-28(3)42(49)29(4)23-40(58-7)44-41(59-8)24-31(6)48(57,62-44)45(54)46(55)51-20-11-10-15-37(51)47(56)61-43(27(2)16-19-38(33)53)30(5)21-32-17-18-36(50)39(25-32)60-35-14-12-13-34(52)26-35/h12-14,21-22,26-27,29,31-33,36-37,39-44,52,57H,9-11,15-20,23-25,50H2,1-8H3/b28-22+,30-21?. The first-order valence-corrected chi connectivity index (χ1v) is 22.7. The molecular formula is C48H71FN2O11. The number of methoxy groups -OCH3 is 2. The quantitative estimate of drug-likeness (QED) is 0.153. The number of hydrogen-bond donors (Lipinski definition) is 3. The molecule has 4 aliphatic rings. The van der Waals surface area contributed by atoms with Gasteiger partial charge in [0.25, 0.3) is 11.7 Å². The van der Waals surface area contributed by atoms with E-state index in [0.717, 1.165) is 12.0 Å². The fourth-order valence-corrected chi connectivity index (χ4v) is 9.95. The van der Waals surface area contributed by atoms with Crippen LogP contribution in [0.25, 0.3) is 0 Å². The number of cyclic esters (lactones) is 1. The van der Waals surface area contributed by atoms with E-state index in [4.69, 9.17) is 29.4 Å². The average molecular weight is 871 g/mol. The molecule has 62 heavy (non-hydrogen) atoms. The Morgan fingerprint density at radius 1 is 0.984 bits per heavy atom. The van der Waals surface area contributed by atoms with Crippen molar-refractivity contribution in [3.05, 3.63) is 47.6 Å². The van der Waals surface area contributed by atoms with Crippen LogP contribution < -0.4 is 10.5 Å². The van der Waals surface area contributed by atoms with Crippen LogP contribution in [0.3, 0.4) is 0 Å². The summed E-state index contributed by atoms with van der Waals surface area (Å²) in [5.74, 6) is -7.35. The molecule has 14 atom stereocenters. The minimum atomic E-state index is -2.58. The van der Waals surface area contributed by atoms with Crippen molar-refractivity contribution in [1.29, 1.82) is 0 Å². The van der Waals surface area contributed by atoms with Gasteiger partial charge in [-0.2, -0.15) is 0 Å². The van der Waals surface area contributed by atoms with E-state index in [-0.39, 0.29) is 67.7 Å². The number of hydrogen-bond acceptors (Lipinski definition) is 12. The summed E-state index contributed by atoms with van der Waals surface area (Å²) in [6.07, 6.45) is 3.33. The smallest absolute Gasteiger partial charge is 0.329 e. The Hall–Kier alpha value is -3.69. The highest BCUT2D eigenvalue weighted by Crippen LogP contribution is 2.40. The van der Waals surface area contributed by atoms with Gasteiger partial charge in [0, 0.05) is 51.1 Å². The molecule has 13 nitrogen and oxygen atoms in total. The van der Waals surface area contributed by atoms with Crippen LogP contribution in [0.1, 0.15) is 112 Å². The molecule has 2 saturated heterocycles. The highest BCUT2D eigenvalue weighted by Gasteiger charge is 2.56. The Balaban J connectivity index is 1.50. The Kier molecular flexibility index (Phi) is 17.3. The lowest BCUT2D eigenvalue weighted by Crippen LogP contribution is -2.64. The summed E-state index contributed by atoms with van der Waals surface area (Å²) in [6.45, 7) is 10.8. The molecule has 1 aromatic rings. The number of Topliss-reactive ketones (excluding diaryl/α,β-unsaturated/α-hetero) is 2. The molecule has 1 amide bonds. The number of amides is 1. The Labute approximate surface area is 366 Å². The number of phenolic OH excluding ortho intramolecular Hbond substituents is 1. The maximum absolute atomic E-state index is 16.3. The molecule has 0 spiro atoms. The number of carbonyl (C=O) groups is 4. The number of piperidine rings is 1. The minimum absolute atomic E-state index is 0.00579. The van der Waals surface area contributed by atoms with E-state index in [1.807, 2.05) is 20.8 Å². The van der Waals surface area contributed by atoms with Crippen LogP contribution in [0.15, 0.2) is 47.6 Å². The Morgan fingerprint density at radius 3 is 2.37 bits per heavy atom. The summed E-state index contributed by atoms with van der Waals surface area (Å²) in [7, 11) is 2.91. The summed E-state index contributed by atoms with van der Waals surface area (Å²) in [6, 6.07) is 5.24. The number of esters is 1. The second kappa shape index (κ2) is 21.8. The molecule has 346 valence electrons. The summed E-state index contributed by atoms with van der Waals surface area (Å²) in [5, 5.41) is 22.1. The molecular weight excluding hydrogens is 800 g/mol. The van der Waals surface area contributed by atoms with Crippen molar-refractivity contribution >= 4 is 23.4 Å². The van der Waals surface area contributed by atoms with E-state index >= 15 is 4.39 Å². The number of ketones is 2. The molecule has 14 unspecified atom stereocenters. The van der Waals surface area contributed by atoms with Gasteiger partial charge in [0.05, 0.1) is 12.2 Å². The minimum Gasteiger partial charge on any atom is -0.508 e. The number of benzene rings is 1. The summed E-state index contributed by atoms with van der Waals surface area (Å²) < 4.78 is 46.7. The van der Waals surface area contributed by atoms with Gasteiger partial charge in [-0.3, -0.25) is 14.4 Å².